The van der Waals surface area contributed by atoms with Crippen LogP contribution in [0.2, 0.25) is 0 Å². The third-order valence-corrected chi connectivity index (χ3v) is 2.45. The molecule has 0 unspecified atom stereocenters. The molecule has 0 aliphatic carbocycles. The van der Waals surface area contributed by atoms with Crippen molar-refractivity contribution in [2.24, 2.45) is 0 Å². The molecule has 19 heavy (non-hydrogen) atoms. The van der Waals surface area contributed by atoms with Crippen molar-refractivity contribution in [3.05, 3.63) is 30.1 Å². The Balaban J connectivity index is 2.27. The first kappa shape index (κ1) is 12.9. The number of nitrogens with one attached hydrogen (secondary N) is 3. The van der Waals surface area contributed by atoms with E-state index >= 15 is 0 Å². The molecule has 98 valence electrons. The normalized spacial score (nSPS) is 10.4. The Morgan fingerprint density at radius 2 is 2.32 bits per heavy atom. The van der Waals surface area contributed by atoms with Gasteiger partial charge in [-0.05, 0) is 12.1 Å². The molecule has 2 heterocycles. The fourth-order valence-corrected chi connectivity index (χ4v) is 1.60. The Labute approximate surface area is 109 Å². The molecule has 0 aliphatic heterocycles. The zero-order valence-electron chi connectivity index (χ0n) is 10.3. The van der Waals surface area contributed by atoms with Crippen LogP contribution >= 0.6 is 0 Å². The number of imidazole rings is 1. The van der Waals surface area contributed by atoms with E-state index in [9.17, 15) is 4.79 Å². The van der Waals surface area contributed by atoms with Gasteiger partial charge in [0.1, 0.15) is 12.3 Å². The highest BCUT2D eigenvalue weighted by molar-refractivity contribution is 6.35. The molecule has 0 saturated heterocycles. The van der Waals surface area contributed by atoms with Gasteiger partial charge >= 0.3 is 0 Å². The maximum absolute atomic E-state index is 11.4. The molecule has 2 aromatic rings. The number of amides is 1. The number of rotatable bonds is 5. The molecular weight excluding hydrogens is 246 g/mol. The number of anilines is 1. The van der Waals surface area contributed by atoms with Gasteiger partial charge in [-0.1, -0.05) is 0 Å². The number of hydrogen-bond donors (Lipinski definition) is 3. The van der Waals surface area contributed by atoms with E-state index in [4.69, 9.17) is 15.6 Å². The van der Waals surface area contributed by atoms with Crippen molar-refractivity contribution in [2.75, 3.05) is 19.0 Å². The van der Waals surface area contributed by atoms with Gasteiger partial charge < -0.3 is 19.9 Å². The van der Waals surface area contributed by atoms with E-state index in [1.54, 1.807) is 28.9 Å². The molecule has 7 heteroatoms. The van der Waals surface area contributed by atoms with Gasteiger partial charge in [0.15, 0.2) is 5.82 Å². The zero-order chi connectivity index (χ0) is 13.8. The lowest BCUT2D eigenvalue weighted by Gasteiger charge is -1.98. The highest BCUT2D eigenvalue weighted by atomic mass is 16.5. The van der Waals surface area contributed by atoms with Gasteiger partial charge in [0.25, 0.3) is 5.91 Å². The highest BCUT2D eigenvalue weighted by Gasteiger charge is 2.07. The summed E-state index contributed by atoms with van der Waals surface area (Å²) in [7, 11) is 1.44. The van der Waals surface area contributed by atoms with Crippen molar-refractivity contribution in [2.45, 2.75) is 0 Å². The van der Waals surface area contributed by atoms with Crippen molar-refractivity contribution in [1.29, 1.82) is 10.8 Å². The summed E-state index contributed by atoms with van der Waals surface area (Å²) in [6.07, 6.45) is 4.30. The van der Waals surface area contributed by atoms with Crippen LogP contribution in [0, 0.1) is 10.8 Å². The third-order valence-electron chi connectivity index (χ3n) is 2.45. The van der Waals surface area contributed by atoms with E-state index in [0.717, 1.165) is 6.21 Å². The maximum Gasteiger partial charge on any atom is 0.251 e. The van der Waals surface area contributed by atoms with Crippen LogP contribution in [-0.2, 0) is 9.53 Å². The first-order chi connectivity index (χ1) is 9.13. The molecule has 0 radical (unpaired) electrons. The van der Waals surface area contributed by atoms with Crippen LogP contribution in [0.5, 0.6) is 0 Å². The molecule has 0 bridgehead atoms. The fraction of sp³-hybridized carbons (Fsp3) is 0.167. The Hall–Kier alpha value is -2.54. The van der Waals surface area contributed by atoms with Gasteiger partial charge in [-0.3, -0.25) is 10.2 Å². The first-order valence-corrected chi connectivity index (χ1v) is 5.51. The van der Waals surface area contributed by atoms with Crippen molar-refractivity contribution < 1.29 is 9.53 Å². The minimum atomic E-state index is -0.279. The van der Waals surface area contributed by atoms with Crippen LogP contribution in [0.1, 0.15) is 5.56 Å². The van der Waals surface area contributed by atoms with Crippen LogP contribution in [0.25, 0.3) is 5.65 Å². The number of pyridine rings is 1. The van der Waals surface area contributed by atoms with Crippen molar-refractivity contribution in [3.63, 3.8) is 0 Å². The second-order valence-corrected chi connectivity index (χ2v) is 3.85. The van der Waals surface area contributed by atoms with Crippen LogP contribution in [-0.4, -0.2) is 40.9 Å². The fourth-order valence-electron chi connectivity index (χ4n) is 1.60. The summed E-state index contributed by atoms with van der Waals surface area (Å²) in [4.78, 5) is 15.6. The number of hydrogen-bond acceptors (Lipinski definition) is 5. The van der Waals surface area contributed by atoms with E-state index in [1.165, 1.54) is 7.11 Å². The van der Waals surface area contributed by atoms with Gasteiger partial charge in [0, 0.05) is 25.1 Å². The first-order valence-electron chi connectivity index (χ1n) is 5.51. The second kappa shape index (κ2) is 5.40. The van der Waals surface area contributed by atoms with Gasteiger partial charge in [-0.25, -0.2) is 4.98 Å². The molecule has 0 spiro atoms. The van der Waals surface area contributed by atoms with Gasteiger partial charge in [-0.2, -0.15) is 0 Å². The Morgan fingerprint density at radius 3 is 3.00 bits per heavy atom. The number of fused-ring (bicyclic) bond motifs is 1. The highest BCUT2D eigenvalue weighted by Crippen LogP contribution is 2.11. The molecule has 2 aromatic heterocycles. The largest absolute Gasteiger partial charge is 0.375 e. The lowest BCUT2D eigenvalue weighted by Crippen LogP contribution is -2.17. The number of nitrogens with zero attached hydrogens (tertiary/aromatic N) is 2. The summed E-state index contributed by atoms with van der Waals surface area (Å²) >= 11 is 0. The van der Waals surface area contributed by atoms with Crippen molar-refractivity contribution in [3.8, 4) is 0 Å². The monoisotopic (exact) mass is 259 g/mol. The molecular formula is C12H13N5O2. The van der Waals surface area contributed by atoms with Gasteiger partial charge in [-0.15, -0.1) is 0 Å². The third kappa shape index (κ3) is 2.83. The molecule has 0 fully saturated rings. The summed E-state index contributed by atoms with van der Waals surface area (Å²) in [6, 6.07) is 3.43. The Bertz CT molecular complexity index is 647. The van der Waals surface area contributed by atoms with E-state index in [2.05, 4.69) is 10.3 Å². The molecule has 0 saturated carbocycles. The van der Waals surface area contributed by atoms with Crippen LogP contribution in [0.15, 0.2) is 24.5 Å². The molecule has 3 N–H and O–H groups in total. The topological polar surface area (TPSA) is 103 Å². The number of carbonyl (C=O) groups is 1. The van der Waals surface area contributed by atoms with E-state index in [1.807, 2.05) is 0 Å². The standard InChI is InChI=1S/C12H13N5O2/c1-19-7-12(18)16-10-6-17-5-8(9(14)4-13)2-3-11(17)15-10/h2-6,13-14H,7H2,1H3,(H,16,18). The minimum absolute atomic E-state index is 0.0302. The molecule has 0 aromatic carbocycles. The molecule has 7 nitrogen and oxygen atoms in total. The molecule has 0 atom stereocenters. The molecule has 2 rings (SSSR count). The minimum Gasteiger partial charge on any atom is -0.375 e. The molecule has 0 aliphatic rings. The summed E-state index contributed by atoms with van der Waals surface area (Å²) in [5, 5.41) is 17.2. The van der Waals surface area contributed by atoms with E-state index in [-0.39, 0.29) is 18.2 Å². The lowest BCUT2D eigenvalue weighted by atomic mass is 10.2. The number of methoxy groups -OCH3 is 1. The van der Waals surface area contributed by atoms with Gasteiger partial charge in [0.05, 0.1) is 11.9 Å². The maximum atomic E-state index is 11.4. The average molecular weight is 259 g/mol. The Kier molecular flexibility index (Phi) is 3.67. The van der Waals surface area contributed by atoms with Crippen LogP contribution < -0.4 is 5.32 Å². The summed E-state index contributed by atoms with van der Waals surface area (Å²) in [5.74, 6) is 0.138. The van der Waals surface area contributed by atoms with Crippen LogP contribution in [0.3, 0.4) is 0 Å². The summed E-state index contributed by atoms with van der Waals surface area (Å²) in [6.45, 7) is -0.0302. The van der Waals surface area contributed by atoms with Crippen molar-refractivity contribution >= 4 is 29.3 Å². The smallest absolute Gasteiger partial charge is 0.251 e. The Morgan fingerprint density at radius 1 is 1.53 bits per heavy atom. The lowest BCUT2D eigenvalue weighted by molar-refractivity contribution is -0.119. The van der Waals surface area contributed by atoms with E-state index < -0.39 is 0 Å². The SMILES string of the molecule is COCC(=O)Nc1cn2cc(C(=N)C=N)ccc2n1. The zero-order valence-corrected chi connectivity index (χ0v) is 10.3. The number of ether oxygens (including phenoxy) is 1. The van der Waals surface area contributed by atoms with Crippen molar-refractivity contribution in [1.82, 2.24) is 9.38 Å². The van der Waals surface area contributed by atoms with Crippen LogP contribution in [0.4, 0.5) is 5.82 Å². The molecule has 1 amide bonds. The van der Waals surface area contributed by atoms with Gasteiger partial charge in [0.2, 0.25) is 0 Å². The predicted molar refractivity (Wildman–Crippen MR) is 71.3 cm³/mol. The summed E-state index contributed by atoms with van der Waals surface area (Å²) < 4.78 is 6.41. The second-order valence-electron chi connectivity index (χ2n) is 3.85. The number of carbonyl (C=O) groups excluding carboxylic acids is 1. The quantitative estimate of drug-likeness (QED) is 0.696. The summed E-state index contributed by atoms with van der Waals surface area (Å²) in [5.41, 5.74) is 1.37. The van der Waals surface area contributed by atoms with E-state index in [0.29, 0.717) is 17.0 Å². The predicted octanol–water partition coefficient (Wildman–Crippen LogP) is 0.937. The number of aromatic nitrogens is 2. The average Bonchev–Trinajstić information content (AvgIpc) is 2.78.